The van der Waals surface area contributed by atoms with Crippen molar-refractivity contribution in [1.29, 1.82) is 0 Å². The smallest absolute Gasteiger partial charge is 0.352 e. The number of thioether (sulfide) groups is 1. The number of carbonyl (C=O) groups excluding carboxylic acids is 3. The van der Waals surface area contributed by atoms with E-state index in [0.717, 1.165) is 16.0 Å². The Labute approximate surface area is 202 Å². The number of nitrogens with two attached hydrogens (primary N) is 2. The number of aromatic amines is 1. The van der Waals surface area contributed by atoms with Crippen molar-refractivity contribution in [3.63, 3.8) is 0 Å². The monoisotopic (exact) mass is 499 g/mol. The molecule has 35 heavy (non-hydrogen) atoms. The van der Waals surface area contributed by atoms with Gasteiger partial charge in [0.1, 0.15) is 28.8 Å². The molecule has 1 saturated heterocycles. The summed E-state index contributed by atoms with van der Waals surface area (Å²) in [6.45, 7) is 1.63. The van der Waals surface area contributed by atoms with Crippen LogP contribution in [0.15, 0.2) is 52.6 Å². The highest BCUT2D eigenvalue weighted by Gasteiger charge is 2.54. The van der Waals surface area contributed by atoms with Gasteiger partial charge in [-0.05, 0) is 18.1 Å². The third-order valence-corrected chi connectivity index (χ3v) is 7.00. The molecule has 14 heteroatoms. The van der Waals surface area contributed by atoms with Gasteiger partial charge in [0.25, 0.3) is 11.5 Å². The van der Waals surface area contributed by atoms with Crippen molar-refractivity contribution >= 4 is 47.2 Å². The highest BCUT2D eigenvalue weighted by atomic mass is 32.2. The third kappa shape index (κ3) is 4.19. The normalized spacial score (nSPS) is 19.9. The van der Waals surface area contributed by atoms with Gasteiger partial charge in [0.15, 0.2) is 5.95 Å². The molecule has 4 amide bonds. The molecule has 3 heterocycles. The van der Waals surface area contributed by atoms with Crippen LogP contribution in [0.5, 0.6) is 0 Å². The number of anilines is 2. The molecular weight excluding hydrogens is 478 g/mol. The van der Waals surface area contributed by atoms with E-state index in [1.54, 1.807) is 37.3 Å². The molecule has 0 radical (unpaired) electrons. The maximum absolute atomic E-state index is 13.5. The lowest BCUT2D eigenvalue weighted by atomic mass is 10.00. The Morgan fingerprint density at radius 3 is 2.57 bits per heavy atom. The van der Waals surface area contributed by atoms with E-state index in [-0.39, 0.29) is 17.3 Å². The first-order valence-electron chi connectivity index (χ1n) is 10.3. The predicted molar refractivity (Wildman–Crippen MR) is 126 cm³/mol. The van der Waals surface area contributed by atoms with Gasteiger partial charge in [-0.2, -0.15) is 0 Å². The molecule has 0 saturated carbocycles. The molecule has 0 spiro atoms. The van der Waals surface area contributed by atoms with Gasteiger partial charge in [-0.3, -0.25) is 29.2 Å². The first-order valence-corrected chi connectivity index (χ1v) is 11.3. The number of carbonyl (C=O) groups is 4. The number of β-lactam (4-membered cyclic amide) rings is 1. The summed E-state index contributed by atoms with van der Waals surface area (Å²) in [6, 6.07) is 4.45. The quantitative estimate of drug-likeness (QED) is 0.331. The first-order chi connectivity index (χ1) is 16.6. The number of primary amides is 1. The van der Waals surface area contributed by atoms with Gasteiger partial charge in [-0.15, -0.1) is 11.8 Å². The second-order valence-electron chi connectivity index (χ2n) is 7.83. The van der Waals surface area contributed by atoms with Crippen LogP contribution in [-0.2, 0) is 14.4 Å². The number of urea groups is 1. The predicted octanol–water partition coefficient (Wildman–Crippen LogP) is -0.263. The summed E-state index contributed by atoms with van der Waals surface area (Å²) in [5.74, 6) is -2.46. The minimum absolute atomic E-state index is 0.109. The zero-order valence-corrected chi connectivity index (χ0v) is 19.1. The van der Waals surface area contributed by atoms with Gasteiger partial charge in [-0.25, -0.2) is 14.6 Å². The summed E-state index contributed by atoms with van der Waals surface area (Å²) in [5, 5.41) is 11.5. The number of H-pyrrole nitrogens is 1. The van der Waals surface area contributed by atoms with Crippen LogP contribution in [0, 0.1) is 0 Å². The summed E-state index contributed by atoms with van der Waals surface area (Å²) in [4.78, 5) is 70.9. The van der Waals surface area contributed by atoms with E-state index < -0.39 is 46.8 Å². The van der Waals surface area contributed by atoms with Crippen LogP contribution in [0.4, 0.5) is 16.4 Å². The number of benzene rings is 1. The van der Waals surface area contributed by atoms with E-state index in [2.05, 4.69) is 15.3 Å². The van der Waals surface area contributed by atoms with E-state index in [1.165, 1.54) is 11.8 Å². The second-order valence-corrected chi connectivity index (χ2v) is 8.94. The lowest BCUT2D eigenvalue weighted by molar-refractivity contribution is -0.150. The number of nitrogens with one attached hydrogen (secondary N) is 2. The van der Waals surface area contributed by atoms with Crippen molar-refractivity contribution in [3.05, 3.63) is 63.7 Å². The Hall–Kier alpha value is -4.33. The zero-order valence-electron chi connectivity index (χ0n) is 18.3. The standard InChI is InChI=1S/C21H21N7O6S/c1-9-8-35-18-12(17(31)28(18)13(9)19(32)33)25-16(30)14(10-5-3-2-4-6-10)27(21(23)34)11-7-24-20(22)26-15(11)29/h2-7,12,14,18H,8H2,1H3,(H2,23,34)(H,25,30)(H,32,33)(H3,22,24,26,29)/t12?,14?,18-/m0/s1. The van der Waals surface area contributed by atoms with E-state index in [9.17, 15) is 29.1 Å². The minimum Gasteiger partial charge on any atom is -0.477 e. The summed E-state index contributed by atoms with van der Waals surface area (Å²) in [6.07, 6.45) is 1.02. The van der Waals surface area contributed by atoms with Crippen LogP contribution in [0.1, 0.15) is 18.5 Å². The molecule has 1 fully saturated rings. The molecule has 13 nitrogen and oxygen atoms in total. The Kier molecular flexibility index (Phi) is 6.22. The van der Waals surface area contributed by atoms with Crippen LogP contribution < -0.4 is 27.2 Å². The molecule has 2 unspecified atom stereocenters. The number of aromatic nitrogens is 2. The fourth-order valence-electron chi connectivity index (χ4n) is 4.02. The number of carboxylic acid groups (broad SMARTS) is 1. The first kappa shape index (κ1) is 23.8. The molecule has 7 N–H and O–H groups in total. The van der Waals surface area contributed by atoms with Crippen molar-refractivity contribution in [3.8, 4) is 0 Å². The molecule has 0 bridgehead atoms. The molecule has 3 atom stereocenters. The van der Waals surface area contributed by atoms with Crippen molar-refractivity contribution in [2.24, 2.45) is 5.73 Å². The van der Waals surface area contributed by atoms with Crippen LogP contribution in [-0.4, -0.2) is 61.0 Å². The molecule has 2 aliphatic rings. The van der Waals surface area contributed by atoms with E-state index >= 15 is 0 Å². The summed E-state index contributed by atoms with van der Waals surface area (Å²) in [5.41, 5.74) is 10.7. The molecule has 1 aromatic carbocycles. The van der Waals surface area contributed by atoms with Crippen molar-refractivity contribution < 1.29 is 24.3 Å². The van der Waals surface area contributed by atoms with Crippen LogP contribution in [0.3, 0.4) is 0 Å². The van der Waals surface area contributed by atoms with Gasteiger partial charge in [-0.1, -0.05) is 30.3 Å². The van der Waals surface area contributed by atoms with Crippen molar-refractivity contribution in [2.45, 2.75) is 24.4 Å². The van der Waals surface area contributed by atoms with Crippen molar-refractivity contribution in [2.75, 3.05) is 16.4 Å². The fraction of sp³-hybridized carbons (Fsp3) is 0.238. The van der Waals surface area contributed by atoms with Gasteiger partial charge >= 0.3 is 12.0 Å². The molecule has 2 aromatic rings. The largest absolute Gasteiger partial charge is 0.477 e. The van der Waals surface area contributed by atoms with Crippen LogP contribution in [0.2, 0.25) is 0 Å². The topological polar surface area (TPSA) is 205 Å². The third-order valence-electron chi connectivity index (χ3n) is 5.58. The SMILES string of the molecule is CC1=C(C(=O)O)N2C(=O)C(NC(=O)C(c3ccccc3)N(C(N)=O)c3cnc(N)[nH]c3=O)[C@@H]2SC1. The number of amides is 4. The molecule has 182 valence electrons. The number of nitrogens with zero attached hydrogens (tertiary/aromatic N) is 3. The molecular formula is C21H21N7O6S. The highest BCUT2D eigenvalue weighted by Crippen LogP contribution is 2.40. The van der Waals surface area contributed by atoms with Crippen molar-refractivity contribution in [1.82, 2.24) is 20.2 Å². The van der Waals surface area contributed by atoms with E-state index in [4.69, 9.17) is 11.5 Å². The van der Waals surface area contributed by atoms with Gasteiger partial charge in [0.05, 0.1) is 6.20 Å². The maximum atomic E-state index is 13.5. The lowest BCUT2D eigenvalue weighted by Crippen LogP contribution is -2.71. The zero-order chi connectivity index (χ0) is 25.4. The average Bonchev–Trinajstić information content (AvgIpc) is 2.81. The Balaban J connectivity index is 1.69. The number of carboxylic acids is 1. The van der Waals surface area contributed by atoms with Gasteiger partial charge < -0.3 is 21.9 Å². The molecule has 4 rings (SSSR count). The summed E-state index contributed by atoms with van der Waals surface area (Å²) < 4.78 is 0. The Morgan fingerprint density at radius 1 is 1.29 bits per heavy atom. The van der Waals surface area contributed by atoms with Crippen LogP contribution in [0.25, 0.3) is 0 Å². The number of nitrogen functional groups attached to an aromatic ring is 1. The van der Waals surface area contributed by atoms with E-state index in [0.29, 0.717) is 16.9 Å². The molecule has 0 aliphatic carbocycles. The van der Waals surface area contributed by atoms with Crippen LogP contribution >= 0.6 is 11.8 Å². The van der Waals surface area contributed by atoms with E-state index in [1.807, 2.05) is 0 Å². The second kappa shape index (κ2) is 9.13. The number of hydrogen-bond donors (Lipinski definition) is 5. The molecule has 2 aliphatic heterocycles. The number of aliphatic carboxylic acids is 1. The maximum Gasteiger partial charge on any atom is 0.352 e. The lowest BCUT2D eigenvalue weighted by Gasteiger charge is -2.49. The number of hydrogen-bond acceptors (Lipinski definition) is 8. The number of rotatable bonds is 6. The van der Waals surface area contributed by atoms with Gasteiger partial charge in [0, 0.05) is 5.75 Å². The molecule has 1 aromatic heterocycles. The summed E-state index contributed by atoms with van der Waals surface area (Å²) in [7, 11) is 0. The highest BCUT2D eigenvalue weighted by molar-refractivity contribution is 8.00. The Morgan fingerprint density at radius 2 is 1.97 bits per heavy atom. The fourth-order valence-corrected chi connectivity index (χ4v) is 5.31. The Bertz CT molecular complexity index is 1310. The minimum atomic E-state index is -1.44. The summed E-state index contributed by atoms with van der Waals surface area (Å²) >= 11 is 1.30. The average molecular weight is 500 g/mol. The van der Waals surface area contributed by atoms with Gasteiger partial charge in [0.2, 0.25) is 5.91 Å². The number of fused-ring (bicyclic) bond motifs is 1.